The highest BCUT2D eigenvalue weighted by Gasteiger charge is 2.28. The molecule has 0 bridgehead atoms. The molecule has 0 radical (unpaired) electrons. The molecular formula is C10H17F3N2O. The van der Waals surface area contributed by atoms with E-state index in [2.05, 4.69) is 5.32 Å². The van der Waals surface area contributed by atoms with Crippen LogP contribution in [0.5, 0.6) is 0 Å². The van der Waals surface area contributed by atoms with Crippen molar-refractivity contribution in [2.24, 2.45) is 11.7 Å². The summed E-state index contributed by atoms with van der Waals surface area (Å²) >= 11 is 0. The number of hydrogen-bond donors (Lipinski definition) is 2. The lowest BCUT2D eigenvalue weighted by molar-refractivity contribution is -0.136. The highest BCUT2D eigenvalue weighted by molar-refractivity contribution is 5.78. The maximum atomic E-state index is 11.8. The van der Waals surface area contributed by atoms with Gasteiger partial charge in [-0.3, -0.25) is 4.79 Å². The van der Waals surface area contributed by atoms with Gasteiger partial charge in [-0.05, 0) is 25.7 Å². The van der Waals surface area contributed by atoms with E-state index in [1.807, 2.05) is 0 Å². The van der Waals surface area contributed by atoms with E-state index in [4.69, 9.17) is 5.73 Å². The van der Waals surface area contributed by atoms with E-state index in [-0.39, 0.29) is 30.8 Å². The van der Waals surface area contributed by atoms with Gasteiger partial charge in [0.15, 0.2) is 0 Å². The number of nitrogens with one attached hydrogen (secondary N) is 1. The van der Waals surface area contributed by atoms with Gasteiger partial charge < -0.3 is 11.1 Å². The number of nitrogens with two attached hydrogens (primary N) is 1. The van der Waals surface area contributed by atoms with Gasteiger partial charge in [-0.1, -0.05) is 0 Å². The summed E-state index contributed by atoms with van der Waals surface area (Å²) in [5, 5.41) is 2.52. The zero-order valence-corrected chi connectivity index (χ0v) is 9.02. The molecule has 0 aromatic heterocycles. The minimum atomic E-state index is -4.14. The molecule has 3 N–H and O–H groups in total. The van der Waals surface area contributed by atoms with Crippen molar-refractivity contribution in [1.29, 1.82) is 0 Å². The second-order valence-electron chi connectivity index (χ2n) is 4.28. The second kappa shape index (κ2) is 5.52. The fourth-order valence-electron chi connectivity index (χ4n) is 1.90. The molecule has 16 heavy (non-hydrogen) atoms. The first-order valence-electron chi connectivity index (χ1n) is 5.48. The second-order valence-corrected chi connectivity index (χ2v) is 4.28. The van der Waals surface area contributed by atoms with Gasteiger partial charge in [-0.25, -0.2) is 0 Å². The van der Waals surface area contributed by atoms with Crippen LogP contribution in [-0.4, -0.2) is 24.7 Å². The number of carbonyl (C=O) groups is 1. The molecule has 1 aliphatic rings. The van der Waals surface area contributed by atoms with Crippen molar-refractivity contribution in [3.8, 4) is 0 Å². The van der Waals surface area contributed by atoms with Gasteiger partial charge in [0.2, 0.25) is 5.91 Å². The van der Waals surface area contributed by atoms with Gasteiger partial charge in [-0.2, -0.15) is 13.2 Å². The highest BCUT2D eigenvalue weighted by atomic mass is 19.4. The summed E-state index contributed by atoms with van der Waals surface area (Å²) < 4.78 is 35.4. The fraction of sp³-hybridized carbons (Fsp3) is 0.900. The normalized spacial score (nSPS) is 25.8. The smallest absolute Gasteiger partial charge is 0.356 e. The molecule has 1 saturated carbocycles. The number of halogens is 3. The van der Waals surface area contributed by atoms with E-state index < -0.39 is 12.6 Å². The van der Waals surface area contributed by atoms with Crippen LogP contribution in [0.25, 0.3) is 0 Å². The third-order valence-corrected chi connectivity index (χ3v) is 2.78. The van der Waals surface area contributed by atoms with Gasteiger partial charge in [-0.15, -0.1) is 0 Å². The molecule has 1 fully saturated rings. The summed E-state index contributed by atoms with van der Waals surface area (Å²) in [6.07, 6.45) is -2.84. The molecule has 0 aromatic rings. The number of amides is 1. The Labute approximate surface area is 92.6 Å². The van der Waals surface area contributed by atoms with Gasteiger partial charge in [0.1, 0.15) is 0 Å². The Morgan fingerprint density at radius 1 is 1.38 bits per heavy atom. The Hall–Kier alpha value is -0.780. The van der Waals surface area contributed by atoms with Crippen LogP contribution < -0.4 is 11.1 Å². The predicted octanol–water partition coefficient (Wildman–Crippen LogP) is 1.57. The molecule has 1 amide bonds. The third-order valence-electron chi connectivity index (χ3n) is 2.78. The van der Waals surface area contributed by atoms with Gasteiger partial charge in [0, 0.05) is 24.9 Å². The number of rotatable bonds is 4. The first-order chi connectivity index (χ1) is 7.38. The van der Waals surface area contributed by atoms with Crippen LogP contribution in [0.2, 0.25) is 0 Å². The zero-order valence-electron chi connectivity index (χ0n) is 9.02. The summed E-state index contributed by atoms with van der Waals surface area (Å²) in [5.74, 6) is -0.268. The van der Waals surface area contributed by atoms with Crippen molar-refractivity contribution in [3.63, 3.8) is 0 Å². The fourth-order valence-corrected chi connectivity index (χ4v) is 1.90. The molecule has 0 heterocycles. The van der Waals surface area contributed by atoms with Crippen molar-refractivity contribution in [2.45, 2.75) is 44.3 Å². The van der Waals surface area contributed by atoms with E-state index in [1.165, 1.54) is 0 Å². The Morgan fingerprint density at radius 3 is 2.56 bits per heavy atom. The van der Waals surface area contributed by atoms with E-state index in [9.17, 15) is 18.0 Å². The summed E-state index contributed by atoms with van der Waals surface area (Å²) in [6, 6.07) is 0.0610. The van der Waals surface area contributed by atoms with Gasteiger partial charge in [0.25, 0.3) is 0 Å². The average Bonchev–Trinajstić information content (AvgIpc) is 2.57. The van der Waals surface area contributed by atoms with E-state index >= 15 is 0 Å². The van der Waals surface area contributed by atoms with Gasteiger partial charge in [0.05, 0.1) is 0 Å². The van der Waals surface area contributed by atoms with Crippen molar-refractivity contribution in [3.05, 3.63) is 0 Å². The predicted molar refractivity (Wildman–Crippen MR) is 53.6 cm³/mol. The van der Waals surface area contributed by atoms with Crippen LogP contribution in [0.4, 0.5) is 13.2 Å². The minimum Gasteiger partial charge on any atom is -0.356 e. The average molecular weight is 238 g/mol. The molecule has 6 heteroatoms. The molecule has 0 aromatic carbocycles. The molecule has 94 valence electrons. The molecular weight excluding hydrogens is 221 g/mol. The molecule has 2 atom stereocenters. The zero-order chi connectivity index (χ0) is 12.2. The van der Waals surface area contributed by atoms with E-state index in [1.54, 1.807) is 0 Å². The molecule has 0 spiro atoms. The highest BCUT2D eigenvalue weighted by Crippen LogP contribution is 2.24. The Kier molecular flexibility index (Phi) is 4.58. The van der Waals surface area contributed by atoms with Crippen molar-refractivity contribution >= 4 is 5.91 Å². The van der Waals surface area contributed by atoms with Crippen LogP contribution >= 0.6 is 0 Å². The summed E-state index contributed by atoms with van der Waals surface area (Å²) in [6.45, 7) is 0.0874. The first-order valence-corrected chi connectivity index (χ1v) is 5.48. The lowest BCUT2D eigenvalue weighted by atomic mass is 10.1. The summed E-state index contributed by atoms with van der Waals surface area (Å²) in [5.41, 5.74) is 5.65. The number of carbonyl (C=O) groups excluding carboxylic acids is 1. The van der Waals surface area contributed by atoms with Crippen molar-refractivity contribution in [1.82, 2.24) is 5.32 Å². The molecule has 1 rings (SSSR count). The standard InChI is InChI=1S/C10H17F3N2O/c11-10(12,13)4-1-5-15-9(16)7-2-3-8(14)6-7/h7-8H,1-6,14H2,(H,15,16). The van der Waals surface area contributed by atoms with Crippen LogP contribution in [0.3, 0.4) is 0 Å². The van der Waals surface area contributed by atoms with E-state index in [0.717, 1.165) is 12.8 Å². The quantitative estimate of drug-likeness (QED) is 0.730. The SMILES string of the molecule is NC1CCC(C(=O)NCCCC(F)(F)F)C1. The number of alkyl halides is 3. The van der Waals surface area contributed by atoms with E-state index in [0.29, 0.717) is 6.42 Å². The largest absolute Gasteiger partial charge is 0.389 e. The van der Waals surface area contributed by atoms with Crippen LogP contribution in [0.15, 0.2) is 0 Å². The third kappa shape index (κ3) is 4.83. The van der Waals surface area contributed by atoms with Crippen LogP contribution in [0.1, 0.15) is 32.1 Å². The Bertz CT molecular complexity index is 243. The van der Waals surface area contributed by atoms with Crippen molar-refractivity contribution < 1.29 is 18.0 Å². The molecule has 0 saturated heterocycles. The summed E-state index contributed by atoms with van der Waals surface area (Å²) in [7, 11) is 0. The molecule has 1 aliphatic carbocycles. The Balaban J connectivity index is 2.11. The van der Waals surface area contributed by atoms with Crippen LogP contribution in [0, 0.1) is 5.92 Å². The molecule has 3 nitrogen and oxygen atoms in total. The lowest BCUT2D eigenvalue weighted by Gasteiger charge is -2.11. The number of hydrogen-bond acceptors (Lipinski definition) is 2. The van der Waals surface area contributed by atoms with Crippen LogP contribution in [-0.2, 0) is 4.79 Å². The summed E-state index contributed by atoms with van der Waals surface area (Å²) in [4.78, 5) is 11.5. The monoisotopic (exact) mass is 238 g/mol. The molecule has 0 aliphatic heterocycles. The maximum absolute atomic E-state index is 11.8. The van der Waals surface area contributed by atoms with Gasteiger partial charge >= 0.3 is 6.18 Å². The Morgan fingerprint density at radius 2 is 2.06 bits per heavy atom. The lowest BCUT2D eigenvalue weighted by Crippen LogP contribution is -2.31. The molecule has 2 unspecified atom stereocenters. The minimum absolute atomic E-state index is 0.0610. The topological polar surface area (TPSA) is 55.1 Å². The maximum Gasteiger partial charge on any atom is 0.389 e. The first kappa shape index (κ1) is 13.3. The van der Waals surface area contributed by atoms with Crippen molar-refractivity contribution in [2.75, 3.05) is 6.54 Å².